The Kier molecular flexibility index (Phi) is 5.08. The highest BCUT2D eigenvalue weighted by Gasteiger charge is 2.11. The molecule has 2 aromatic rings. The summed E-state index contributed by atoms with van der Waals surface area (Å²) in [6.45, 7) is 0. The fourth-order valence-corrected chi connectivity index (χ4v) is 1.70. The molecule has 0 fully saturated rings. The van der Waals surface area contributed by atoms with Gasteiger partial charge in [0, 0.05) is 6.07 Å². The van der Waals surface area contributed by atoms with E-state index in [1.54, 1.807) is 12.1 Å². The smallest absolute Gasteiger partial charge is 0.237 e. The Morgan fingerprint density at radius 3 is 2.52 bits per heavy atom. The van der Waals surface area contributed by atoms with Gasteiger partial charge in [0.25, 0.3) is 0 Å². The van der Waals surface area contributed by atoms with Crippen LogP contribution in [0.3, 0.4) is 0 Å². The second kappa shape index (κ2) is 7.21. The van der Waals surface area contributed by atoms with Crippen molar-refractivity contribution in [2.24, 2.45) is 5.10 Å². The molecule has 0 unspecified atom stereocenters. The molecule has 0 heterocycles. The third-order valence-corrected chi connectivity index (χ3v) is 2.87. The zero-order valence-electron chi connectivity index (χ0n) is 11.3. The molecular formula is C15H7ClF2N4O. The first kappa shape index (κ1) is 16.2. The van der Waals surface area contributed by atoms with Crippen molar-refractivity contribution in [1.29, 1.82) is 10.5 Å². The lowest BCUT2D eigenvalue weighted by Gasteiger charge is -2.09. The largest absolute Gasteiger partial charge is 0.451 e. The minimum absolute atomic E-state index is 0.143. The molecule has 0 aromatic heterocycles. The Labute approximate surface area is 135 Å². The summed E-state index contributed by atoms with van der Waals surface area (Å²) >= 11 is 5.62. The average molecular weight is 333 g/mol. The number of nitrogens with zero attached hydrogens (tertiary/aromatic N) is 3. The summed E-state index contributed by atoms with van der Waals surface area (Å²) in [6, 6.07) is 10.9. The summed E-state index contributed by atoms with van der Waals surface area (Å²) in [5.41, 5.74) is 2.13. The van der Waals surface area contributed by atoms with Crippen molar-refractivity contribution in [1.82, 2.24) is 0 Å². The van der Waals surface area contributed by atoms with Gasteiger partial charge in [-0.1, -0.05) is 17.7 Å². The maximum atomic E-state index is 14.0. The number of benzene rings is 2. The number of ether oxygens (including phenoxy) is 1. The van der Waals surface area contributed by atoms with Crippen LogP contribution in [0.15, 0.2) is 41.5 Å². The highest BCUT2D eigenvalue weighted by Crippen LogP contribution is 2.31. The second-order valence-electron chi connectivity index (χ2n) is 4.10. The lowest BCUT2D eigenvalue weighted by molar-refractivity contribution is 0.415. The van der Waals surface area contributed by atoms with Crippen LogP contribution in [0.4, 0.5) is 14.5 Å². The topological polar surface area (TPSA) is 81.2 Å². The number of nitrogens with one attached hydrogen (secondary N) is 1. The molecule has 0 saturated heterocycles. The van der Waals surface area contributed by atoms with Crippen molar-refractivity contribution in [3.63, 3.8) is 0 Å². The monoisotopic (exact) mass is 332 g/mol. The minimum atomic E-state index is -0.798. The zero-order chi connectivity index (χ0) is 16.8. The van der Waals surface area contributed by atoms with Crippen LogP contribution in [-0.4, -0.2) is 5.71 Å². The van der Waals surface area contributed by atoms with E-state index >= 15 is 0 Å². The van der Waals surface area contributed by atoms with Crippen LogP contribution in [0.25, 0.3) is 0 Å². The van der Waals surface area contributed by atoms with E-state index in [1.807, 2.05) is 0 Å². The summed E-state index contributed by atoms with van der Waals surface area (Å²) in [5.74, 6) is -2.03. The SMILES string of the molecule is N#CC(C#N)=NNc1ccc(Oc2cccc(Cl)c2F)c(F)c1. The fraction of sp³-hybridized carbons (Fsp3) is 0. The molecule has 2 rings (SSSR count). The highest BCUT2D eigenvalue weighted by atomic mass is 35.5. The van der Waals surface area contributed by atoms with Crippen molar-refractivity contribution in [2.75, 3.05) is 5.43 Å². The van der Waals surface area contributed by atoms with Gasteiger partial charge in [-0.3, -0.25) is 5.43 Å². The third kappa shape index (κ3) is 3.94. The molecule has 0 saturated carbocycles. The van der Waals surface area contributed by atoms with E-state index in [1.165, 1.54) is 30.3 Å². The molecule has 114 valence electrons. The molecule has 23 heavy (non-hydrogen) atoms. The molecule has 0 atom stereocenters. The van der Waals surface area contributed by atoms with E-state index in [0.717, 1.165) is 6.07 Å². The average Bonchev–Trinajstić information content (AvgIpc) is 2.55. The molecule has 0 aliphatic heterocycles. The molecular weight excluding hydrogens is 326 g/mol. The van der Waals surface area contributed by atoms with Crippen LogP contribution in [0.2, 0.25) is 5.02 Å². The molecule has 0 amide bonds. The molecule has 0 aliphatic rings. The van der Waals surface area contributed by atoms with Gasteiger partial charge in [-0.2, -0.15) is 15.6 Å². The first-order valence-electron chi connectivity index (χ1n) is 6.10. The van der Waals surface area contributed by atoms with Gasteiger partial charge in [-0.15, -0.1) is 0 Å². The third-order valence-electron chi connectivity index (χ3n) is 2.58. The van der Waals surface area contributed by atoms with Crippen molar-refractivity contribution in [3.05, 3.63) is 53.1 Å². The second-order valence-corrected chi connectivity index (χ2v) is 4.50. The predicted octanol–water partition coefficient (Wildman–Crippen LogP) is 4.23. The zero-order valence-corrected chi connectivity index (χ0v) is 12.1. The van der Waals surface area contributed by atoms with Gasteiger partial charge in [0.15, 0.2) is 23.1 Å². The van der Waals surface area contributed by atoms with E-state index in [9.17, 15) is 8.78 Å². The van der Waals surface area contributed by atoms with Crippen molar-refractivity contribution < 1.29 is 13.5 Å². The number of halogens is 3. The Bertz CT molecular complexity index is 840. The number of anilines is 1. The van der Waals surface area contributed by atoms with Crippen molar-refractivity contribution >= 4 is 23.0 Å². The van der Waals surface area contributed by atoms with Crippen LogP contribution < -0.4 is 10.2 Å². The van der Waals surface area contributed by atoms with Crippen LogP contribution in [0.5, 0.6) is 11.5 Å². The quantitative estimate of drug-likeness (QED) is 0.671. The lowest BCUT2D eigenvalue weighted by atomic mass is 10.3. The molecule has 0 radical (unpaired) electrons. The summed E-state index contributed by atoms with van der Waals surface area (Å²) in [5, 5.41) is 20.4. The molecule has 2 aromatic carbocycles. The van der Waals surface area contributed by atoms with E-state index in [-0.39, 0.29) is 22.2 Å². The molecule has 0 aliphatic carbocycles. The van der Waals surface area contributed by atoms with Gasteiger partial charge in [0.1, 0.15) is 12.1 Å². The van der Waals surface area contributed by atoms with E-state index in [0.29, 0.717) is 0 Å². The Hall–Kier alpha value is -3.16. The first-order chi connectivity index (χ1) is 11.0. The summed E-state index contributed by atoms with van der Waals surface area (Å²) in [7, 11) is 0. The number of hydrogen-bond acceptors (Lipinski definition) is 5. The van der Waals surface area contributed by atoms with Gasteiger partial charge in [-0.05, 0) is 24.3 Å². The van der Waals surface area contributed by atoms with Crippen LogP contribution in [0, 0.1) is 34.3 Å². The highest BCUT2D eigenvalue weighted by molar-refractivity contribution is 6.30. The van der Waals surface area contributed by atoms with Gasteiger partial charge >= 0.3 is 0 Å². The standard InChI is InChI=1S/C15H7ClF2N4O/c16-11-2-1-3-14(15(11)18)23-13-5-4-9(6-12(13)17)21-22-10(7-19)8-20/h1-6,21H. The summed E-state index contributed by atoms with van der Waals surface area (Å²) < 4.78 is 32.8. The van der Waals surface area contributed by atoms with Crippen LogP contribution in [0.1, 0.15) is 0 Å². The number of nitriles is 2. The van der Waals surface area contributed by atoms with Gasteiger partial charge in [0.05, 0.1) is 10.7 Å². The number of hydrazone groups is 1. The van der Waals surface area contributed by atoms with E-state index in [2.05, 4.69) is 10.5 Å². The molecule has 1 N–H and O–H groups in total. The van der Waals surface area contributed by atoms with Crippen LogP contribution in [-0.2, 0) is 0 Å². The van der Waals surface area contributed by atoms with E-state index in [4.69, 9.17) is 26.9 Å². The molecule has 5 nitrogen and oxygen atoms in total. The first-order valence-corrected chi connectivity index (χ1v) is 6.48. The molecule has 0 spiro atoms. The molecule has 8 heteroatoms. The van der Waals surface area contributed by atoms with Gasteiger partial charge in [-0.25, -0.2) is 8.78 Å². The minimum Gasteiger partial charge on any atom is -0.451 e. The normalized spacial score (nSPS) is 9.43. The van der Waals surface area contributed by atoms with Gasteiger partial charge < -0.3 is 4.74 Å². The number of rotatable bonds is 4. The number of hydrogen-bond donors (Lipinski definition) is 1. The van der Waals surface area contributed by atoms with Gasteiger partial charge in [0.2, 0.25) is 5.71 Å². The molecule has 0 bridgehead atoms. The Morgan fingerprint density at radius 2 is 1.87 bits per heavy atom. The van der Waals surface area contributed by atoms with E-state index < -0.39 is 17.3 Å². The lowest BCUT2D eigenvalue weighted by Crippen LogP contribution is -1.97. The maximum Gasteiger partial charge on any atom is 0.237 e. The predicted molar refractivity (Wildman–Crippen MR) is 80.2 cm³/mol. The Morgan fingerprint density at radius 1 is 1.13 bits per heavy atom. The maximum absolute atomic E-state index is 14.0. The Balaban J connectivity index is 2.20. The van der Waals surface area contributed by atoms with Crippen molar-refractivity contribution in [2.45, 2.75) is 0 Å². The van der Waals surface area contributed by atoms with Crippen LogP contribution >= 0.6 is 11.6 Å². The summed E-state index contributed by atoms with van der Waals surface area (Å²) in [6.07, 6.45) is 0. The summed E-state index contributed by atoms with van der Waals surface area (Å²) in [4.78, 5) is 0. The van der Waals surface area contributed by atoms with Crippen molar-refractivity contribution in [3.8, 4) is 23.6 Å². The fourth-order valence-electron chi connectivity index (χ4n) is 1.53.